The van der Waals surface area contributed by atoms with Gasteiger partial charge in [0, 0.05) is 42.3 Å². The van der Waals surface area contributed by atoms with Crippen LogP contribution < -0.4 is 10.6 Å². The molecule has 0 saturated heterocycles. The number of dihydropyridines is 1. The van der Waals surface area contributed by atoms with Crippen molar-refractivity contribution in [2.24, 2.45) is 0 Å². The highest BCUT2D eigenvalue weighted by Crippen LogP contribution is 2.28. The summed E-state index contributed by atoms with van der Waals surface area (Å²) in [5.41, 5.74) is 8.48. The Morgan fingerprint density at radius 3 is 2.78 bits per heavy atom. The zero-order valence-electron chi connectivity index (χ0n) is 16.4. The van der Waals surface area contributed by atoms with Gasteiger partial charge in [0.2, 0.25) is 0 Å². The van der Waals surface area contributed by atoms with Gasteiger partial charge in [-0.2, -0.15) is 5.10 Å². The fourth-order valence-electron chi connectivity index (χ4n) is 3.71. The molecule has 140 valence electrons. The Kier molecular flexibility index (Phi) is 5.04. The first kappa shape index (κ1) is 18.7. The van der Waals surface area contributed by atoms with E-state index in [4.69, 9.17) is 0 Å². The highest BCUT2D eigenvalue weighted by atomic mass is 16.1. The van der Waals surface area contributed by atoms with Crippen LogP contribution in [0.1, 0.15) is 48.8 Å². The molecule has 3 heterocycles. The van der Waals surface area contributed by atoms with E-state index in [1.807, 2.05) is 26.0 Å². The zero-order valence-corrected chi connectivity index (χ0v) is 16.4. The van der Waals surface area contributed by atoms with Crippen LogP contribution in [-0.2, 0) is 0 Å². The second-order valence-corrected chi connectivity index (χ2v) is 6.85. The first-order valence-corrected chi connectivity index (χ1v) is 9.12. The average molecular weight is 362 g/mol. The van der Waals surface area contributed by atoms with Gasteiger partial charge in [-0.15, -0.1) is 0 Å². The second kappa shape index (κ2) is 7.27. The molecule has 0 aromatic carbocycles. The maximum Gasteiger partial charge on any atom is 0.178 e. The van der Waals surface area contributed by atoms with Gasteiger partial charge >= 0.3 is 0 Å². The van der Waals surface area contributed by atoms with E-state index >= 15 is 0 Å². The van der Waals surface area contributed by atoms with Crippen molar-refractivity contribution in [2.75, 3.05) is 6.54 Å². The van der Waals surface area contributed by atoms with Crippen molar-refractivity contribution in [2.45, 2.75) is 34.1 Å². The summed E-state index contributed by atoms with van der Waals surface area (Å²) < 4.78 is 1.70. The predicted octanol–water partition coefficient (Wildman–Crippen LogP) is 4.13. The molecular formula is C22H26N4O. The maximum atomic E-state index is 12.1. The highest BCUT2D eigenvalue weighted by Gasteiger charge is 2.21. The molecule has 5 heteroatoms. The van der Waals surface area contributed by atoms with Gasteiger partial charge in [-0.1, -0.05) is 20.1 Å². The van der Waals surface area contributed by atoms with Gasteiger partial charge in [0.15, 0.2) is 5.78 Å². The Hall–Kier alpha value is -3.08. The molecule has 2 N–H and O–H groups in total. The number of nitrogens with zero attached hydrogens (tertiary/aromatic N) is 2. The summed E-state index contributed by atoms with van der Waals surface area (Å²) in [5.74, 6) is -0.0123. The summed E-state index contributed by atoms with van der Waals surface area (Å²) in [6, 6.07) is 3.83. The maximum absolute atomic E-state index is 12.1. The first-order chi connectivity index (χ1) is 12.8. The Balaban J connectivity index is 1.95. The molecule has 0 atom stereocenters. The van der Waals surface area contributed by atoms with Crippen molar-refractivity contribution in [1.29, 1.82) is 0 Å². The minimum atomic E-state index is -0.0123. The number of hydrogen-bond donors (Lipinski definition) is 2. The van der Waals surface area contributed by atoms with Crippen LogP contribution in [0.4, 0.5) is 0 Å². The van der Waals surface area contributed by atoms with Crippen LogP contribution in [-0.4, -0.2) is 21.9 Å². The number of carbonyl (C=O) groups excluding carboxylic acids is 1. The van der Waals surface area contributed by atoms with Gasteiger partial charge in [-0.05, 0) is 55.2 Å². The van der Waals surface area contributed by atoms with Crippen LogP contribution >= 0.6 is 0 Å². The molecular weight excluding hydrogens is 336 g/mol. The van der Waals surface area contributed by atoms with Crippen LogP contribution in [0.15, 0.2) is 60.1 Å². The fourth-order valence-corrected chi connectivity index (χ4v) is 3.71. The van der Waals surface area contributed by atoms with Crippen LogP contribution in [0.25, 0.3) is 11.2 Å². The largest absolute Gasteiger partial charge is 0.381 e. The number of carbonyl (C=O) groups is 1. The summed E-state index contributed by atoms with van der Waals surface area (Å²) in [6.07, 6.45) is 4.78. The molecule has 5 nitrogen and oxygen atoms in total. The monoisotopic (exact) mass is 362 g/mol. The third-order valence-electron chi connectivity index (χ3n) is 4.93. The van der Waals surface area contributed by atoms with Crippen molar-refractivity contribution in [3.63, 3.8) is 0 Å². The summed E-state index contributed by atoms with van der Waals surface area (Å²) in [5, 5.41) is 11.1. The van der Waals surface area contributed by atoms with Crippen LogP contribution in [0.2, 0.25) is 0 Å². The molecule has 2 aromatic rings. The van der Waals surface area contributed by atoms with Crippen molar-refractivity contribution < 1.29 is 4.79 Å². The SMILES string of the molecule is C=C1NC(C)=CC(CC)=C1CNC(=C)c1c(C)c(C(C)=O)n2ncccc12. The van der Waals surface area contributed by atoms with E-state index in [0.717, 1.165) is 45.7 Å². The molecule has 1 aliphatic rings. The number of aromatic nitrogens is 2. The molecule has 1 aliphatic heterocycles. The highest BCUT2D eigenvalue weighted by molar-refractivity contribution is 5.98. The Morgan fingerprint density at radius 1 is 1.37 bits per heavy atom. The number of nitrogens with one attached hydrogen (secondary N) is 2. The normalized spacial score (nSPS) is 14.2. The van der Waals surface area contributed by atoms with E-state index in [1.54, 1.807) is 17.6 Å². The van der Waals surface area contributed by atoms with Crippen molar-refractivity contribution in [3.8, 4) is 0 Å². The molecule has 27 heavy (non-hydrogen) atoms. The zero-order chi connectivity index (χ0) is 19.7. The summed E-state index contributed by atoms with van der Waals surface area (Å²) in [4.78, 5) is 12.1. The van der Waals surface area contributed by atoms with Gasteiger partial charge in [0.05, 0.1) is 5.52 Å². The van der Waals surface area contributed by atoms with Crippen LogP contribution in [0, 0.1) is 6.92 Å². The van der Waals surface area contributed by atoms with Gasteiger partial charge < -0.3 is 10.6 Å². The number of ketones is 1. The summed E-state index contributed by atoms with van der Waals surface area (Å²) in [7, 11) is 0. The van der Waals surface area contributed by atoms with Crippen molar-refractivity contribution in [3.05, 3.63) is 76.9 Å². The third-order valence-corrected chi connectivity index (χ3v) is 4.93. The smallest absolute Gasteiger partial charge is 0.178 e. The van der Waals surface area contributed by atoms with E-state index in [0.29, 0.717) is 12.2 Å². The quantitative estimate of drug-likeness (QED) is 0.759. The molecule has 0 radical (unpaired) electrons. The lowest BCUT2D eigenvalue weighted by molar-refractivity contribution is 0.101. The van der Waals surface area contributed by atoms with E-state index in [2.05, 4.69) is 41.9 Å². The Morgan fingerprint density at radius 2 is 2.11 bits per heavy atom. The number of allylic oxidation sites excluding steroid dienone is 3. The number of rotatable bonds is 6. The molecule has 2 aromatic heterocycles. The molecule has 3 rings (SSSR count). The molecule has 0 saturated carbocycles. The van der Waals surface area contributed by atoms with Crippen LogP contribution in [0.5, 0.6) is 0 Å². The number of fused-ring (bicyclic) bond motifs is 1. The lowest BCUT2D eigenvalue weighted by Gasteiger charge is -2.23. The van der Waals surface area contributed by atoms with E-state index in [-0.39, 0.29) is 5.78 Å². The van der Waals surface area contributed by atoms with Crippen LogP contribution in [0.3, 0.4) is 0 Å². The second-order valence-electron chi connectivity index (χ2n) is 6.85. The molecule has 0 fully saturated rings. The van der Waals surface area contributed by atoms with E-state index in [1.165, 1.54) is 5.57 Å². The van der Waals surface area contributed by atoms with Gasteiger partial charge in [-0.25, -0.2) is 4.52 Å². The van der Waals surface area contributed by atoms with Gasteiger partial charge in [0.25, 0.3) is 0 Å². The third kappa shape index (κ3) is 3.33. The predicted molar refractivity (Wildman–Crippen MR) is 110 cm³/mol. The van der Waals surface area contributed by atoms with Gasteiger partial charge in [0.1, 0.15) is 5.69 Å². The van der Waals surface area contributed by atoms with Gasteiger partial charge in [-0.3, -0.25) is 4.79 Å². The minimum Gasteiger partial charge on any atom is -0.381 e. The lowest BCUT2D eigenvalue weighted by Crippen LogP contribution is -2.25. The molecule has 0 aliphatic carbocycles. The summed E-state index contributed by atoms with van der Waals surface area (Å²) in [6.45, 7) is 16.7. The summed E-state index contributed by atoms with van der Waals surface area (Å²) >= 11 is 0. The molecule has 0 amide bonds. The molecule has 0 unspecified atom stereocenters. The average Bonchev–Trinajstić information content (AvgIpc) is 2.92. The number of hydrogen-bond acceptors (Lipinski definition) is 4. The van der Waals surface area contributed by atoms with E-state index < -0.39 is 0 Å². The van der Waals surface area contributed by atoms with Crippen molar-refractivity contribution >= 4 is 17.0 Å². The number of Topliss-reactive ketones (excluding diaryl/α,β-unsaturated/α-hetero) is 1. The Labute approximate surface area is 160 Å². The van der Waals surface area contributed by atoms with E-state index in [9.17, 15) is 4.79 Å². The molecule has 0 spiro atoms. The van der Waals surface area contributed by atoms with Crippen molar-refractivity contribution in [1.82, 2.24) is 20.2 Å². The topological polar surface area (TPSA) is 58.4 Å². The fraction of sp³-hybridized carbons (Fsp3) is 0.273. The lowest BCUT2D eigenvalue weighted by atomic mass is 9.98. The standard InChI is InChI=1S/C22H26N4O/c1-7-18-11-13(2)25-15(4)19(18)12-23-16(5)21-14(3)22(17(6)27)26-20(21)9-8-10-24-26/h8-11,23,25H,4-5,7,12H2,1-3,6H3. The Bertz CT molecular complexity index is 1020. The minimum absolute atomic E-state index is 0.0123. The molecule has 0 bridgehead atoms. The first-order valence-electron chi connectivity index (χ1n) is 9.12.